The zero-order chi connectivity index (χ0) is 13.7. The van der Waals surface area contributed by atoms with Crippen LogP contribution in [0.15, 0.2) is 28.7 Å². The number of benzene rings is 1. The van der Waals surface area contributed by atoms with Gasteiger partial charge in [0.15, 0.2) is 0 Å². The number of nitrogens with zero attached hydrogens (tertiary/aromatic N) is 1. The van der Waals surface area contributed by atoms with Crippen molar-refractivity contribution in [2.24, 2.45) is 5.92 Å². The molecule has 0 amide bonds. The Labute approximate surface area is 125 Å². The summed E-state index contributed by atoms with van der Waals surface area (Å²) in [6, 6.07) is 9.47. The molecule has 0 aliphatic carbocycles. The van der Waals surface area contributed by atoms with Crippen molar-refractivity contribution < 1.29 is 0 Å². The summed E-state index contributed by atoms with van der Waals surface area (Å²) in [7, 11) is 2.07. The fourth-order valence-corrected chi connectivity index (χ4v) is 3.55. The lowest BCUT2D eigenvalue weighted by atomic mass is 9.89. The van der Waals surface area contributed by atoms with Gasteiger partial charge in [-0.2, -0.15) is 0 Å². The predicted octanol–water partition coefficient (Wildman–Crippen LogP) is 3.83. The highest BCUT2D eigenvalue weighted by Gasteiger charge is 2.29. The Hall–Kier alpha value is -0.380. The van der Waals surface area contributed by atoms with E-state index in [4.69, 9.17) is 0 Å². The zero-order valence-corrected chi connectivity index (χ0v) is 13.6. The van der Waals surface area contributed by atoms with Crippen LogP contribution in [0.1, 0.15) is 37.8 Å². The van der Waals surface area contributed by atoms with Crippen molar-refractivity contribution in [3.8, 4) is 0 Å². The molecule has 0 bridgehead atoms. The van der Waals surface area contributed by atoms with E-state index in [1.165, 1.54) is 31.4 Å². The number of likely N-dealkylation sites (tertiary alicyclic amines) is 1. The van der Waals surface area contributed by atoms with E-state index in [0.29, 0.717) is 12.0 Å². The maximum Gasteiger partial charge on any atom is 0.0388 e. The monoisotopic (exact) mass is 324 g/mol. The minimum atomic E-state index is 0.563. The first-order chi connectivity index (χ1) is 9.26. The second-order valence-electron chi connectivity index (χ2n) is 5.44. The molecule has 1 heterocycles. The van der Waals surface area contributed by atoms with Crippen molar-refractivity contribution in [1.29, 1.82) is 0 Å². The van der Waals surface area contributed by atoms with E-state index in [0.717, 1.165) is 17.6 Å². The maximum atomic E-state index is 3.54. The van der Waals surface area contributed by atoms with Gasteiger partial charge in [-0.25, -0.2) is 0 Å². The van der Waals surface area contributed by atoms with Gasteiger partial charge in [0.05, 0.1) is 0 Å². The highest BCUT2D eigenvalue weighted by molar-refractivity contribution is 9.10. The van der Waals surface area contributed by atoms with Crippen molar-refractivity contribution in [2.75, 3.05) is 26.7 Å². The molecular weight excluding hydrogens is 300 g/mol. The van der Waals surface area contributed by atoms with Crippen LogP contribution in [0.3, 0.4) is 0 Å². The summed E-state index contributed by atoms with van der Waals surface area (Å²) < 4.78 is 1.16. The topological polar surface area (TPSA) is 15.3 Å². The van der Waals surface area contributed by atoms with Crippen LogP contribution < -0.4 is 5.32 Å². The first-order valence-electron chi connectivity index (χ1n) is 7.40. The molecule has 1 aromatic carbocycles. The SMILES string of the molecule is CCN1CCCCC(CNC)C1c1ccc(Br)cc1. The third-order valence-electron chi connectivity index (χ3n) is 4.19. The summed E-state index contributed by atoms with van der Waals surface area (Å²) in [6.45, 7) is 5.77. The molecule has 2 unspecified atom stereocenters. The van der Waals surface area contributed by atoms with E-state index < -0.39 is 0 Å². The van der Waals surface area contributed by atoms with Crippen molar-refractivity contribution >= 4 is 15.9 Å². The van der Waals surface area contributed by atoms with Crippen LogP contribution in [0.5, 0.6) is 0 Å². The van der Waals surface area contributed by atoms with Crippen LogP contribution in [0.2, 0.25) is 0 Å². The summed E-state index contributed by atoms with van der Waals surface area (Å²) in [5.41, 5.74) is 1.47. The first-order valence-corrected chi connectivity index (χ1v) is 8.19. The molecule has 0 aromatic heterocycles. The van der Waals surface area contributed by atoms with E-state index in [1.807, 2.05) is 0 Å². The molecule has 1 aromatic rings. The van der Waals surface area contributed by atoms with Crippen LogP contribution in [-0.2, 0) is 0 Å². The normalized spacial score (nSPS) is 25.2. The molecule has 1 saturated heterocycles. The molecule has 2 atom stereocenters. The molecule has 3 heteroatoms. The molecule has 1 aliphatic heterocycles. The molecule has 2 nitrogen and oxygen atoms in total. The standard InChI is InChI=1S/C16H25BrN2/c1-3-19-11-5-4-6-14(12-18-2)16(19)13-7-9-15(17)10-8-13/h7-10,14,16,18H,3-6,11-12H2,1-2H3. The smallest absolute Gasteiger partial charge is 0.0388 e. The number of rotatable bonds is 4. The van der Waals surface area contributed by atoms with Gasteiger partial charge in [0.1, 0.15) is 0 Å². The minimum Gasteiger partial charge on any atom is -0.319 e. The summed E-state index contributed by atoms with van der Waals surface area (Å²) in [6.07, 6.45) is 4.02. The van der Waals surface area contributed by atoms with Gasteiger partial charge in [-0.05, 0) is 63.1 Å². The molecule has 19 heavy (non-hydrogen) atoms. The molecule has 0 spiro atoms. The van der Waals surface area contributed by atoms with Crippen LogP contribution >= 0.6 is 15.9 Å². The Morgan fingerprint density at radius 1 is 1.26 bits per heavy atom. The van der Waals surface area contributed by atoms with E-state index in [9.17, 15) is 0 Å². The molecule has 2 rings (SSSR count). The molecule has 1 fully saturated rings. The fraction of sp³-hybridized carbons (Fsp3) is 0.625. The van der Waals surface area contributed by atoms with E-state index >= 15 is 0 Å². The molecule has 1 aliphatic rings. The van der Waals surface area contributed by atoms with Crippen LogP contribution in [0.25, 0.3) is 0 Å². The first kappa shape index (κ1) is 15.0. The molecule has 0 saturated carbocycles. The maximum absolute atomic E-state index is 3.54. The van der Waals surface area contributed by atoms with Gasteiger partial charge in [0.2, 0.25) is 0 Å². The summed E-state index contributed by atoms with van der Waals surface area (Å²) >= 11 is 3.54. The second-order valence-corrected chi connectivity index (χ2v) is 6.35. The van der Waals surface area contributed by atoms with Crippen LogP contribution in [0, 0.1) is 5.92 Å². The van der Waals surface area contributed by atoms with Gasteiger partial charge < -0.3 is 5.32 Å². The number of hydrogen-bond acceptors (Lipinski definition) is 2. The largest absolute Gasteiger partial charge is 0.319 e. The predicted molar refractivity (Wildman–Crippen MR) is 85.4 cm³/mol. The van der Waals surface area contributed by atoms with Crippen molar-refractivity contribution in [3.63, 3.8) is 0 Å². The lowest BCUT2D eigenvalue weighted by Crippen LogP contribution is -2.36. The quantitative estimate of drug-likeness (QED) is 0.905. The second kappa shape index (κ2) is 7.41. The Morgan fingerprint density at radius 3 is 2.63 bits per heavy atom. The Morgan fingerprint density at radius 2 is 2.00 bits per heavy atom. The Balaban J connectivity index is 2.28. The molecular formula is C16H25BrN2. The van der Waals surface area contributed by atoms with Gasteiger partial charge in [-0.15, -0.1) is 0 Å². The van der Waals surface area contributed by atoms with Crippen molar-refractivity contribution in [2.45, 2.75) is 32.2 Å². The molecule has 0 radical (unpaired) electrons. The van der Waals surface area contributed by atoms with E-state index in [2.05, 4.69) is 64.4 Å². The zero-order valence-electron chi connectivity index (χ0n) is 12.0. The Bertz CT molecular complexity index is 377. The van der Waals surface area contributed by atoms with Gasteiger partial charge in [-0.1, -0.05) is 41.4 Å². The van der Waals surface area contributed by atoms with E-state index in [1.54, 1.807) is 0 Å². The highest BCUT2D eigenvalue weighted by Crippen LogP contribution is 2.35. The van der Waals surface area contributed by atoms with Crippen molar-refractivity contribution in [1.82, 2.24) is 10.2 Å². The van der Waals surface area contributed by atoms with Gasteiger partial charge in [0.25, 0.3) is 0 Å². The lowest BCUT2D eigenvalue weighted by Gasteiger charge is -2.35. The average molecular weight is 325 g/mol. The summed E-state index contributed by atoms with van der Waals surface area (Å²) in [5.74, 6) is 0.716. The summed E-state index contributed by atoms with van der Waals surface area (Å²) in [4.78, 5) is 2.65. The number of hydrogen-bond donors (Lipinski definition) is 1. The summed E-state index contributed by atoms with van der Waals surface area (Å²) in [5, 5.41) is 3.39. The third-order valence-corrected chi connectivity index (χ3v) is 4.72. The van der Waals surface area contributed by atoms with Crippen molar-refractivity contribution in [3.05, 3.63) is 34.3 Å². The van der Waals surface area contributed by atoms with E-state index in [-0.39, 0.29) is 0 Å². The van der Waals surface area contributed by atoms with Gasteiger partial charge >= 0.3 is 0 Å². The lowest BCUT2D eigenvalue weighted by molar-refractivity contribution is 0.162. The van der Waals surface area contributed by atoms with Crippen LogP contribution in [0.4, 0.5) is 0 Å². The number of halogens is 1. The fourth-order valence-electron chi connectivity index (χ4n) is 3.29. The molecule has 1 N–H and O–H groups in total. The van der Waals surface area contributed by atoms with Crippen LogP contribution in [-0.4, -0.2) is 31.6 Å². The highest BCUT2D eigenvalue weighted by atomic mass is 79.9. The number of nitrogens with one attached hydrogen (secondary N) is 1. The van der Waals surface area contributed by atoms with Gasteiger partial charge in [-0.3, -0.25) is 4.90 Å². The minimum absolute atomic E-state index is 0.563. The van der Waals surface area contributed by atoms with Gasteiger partial charge in [0, 0.05) is 10.5 Å². The third kappa shape index (κ3) is 3.80. The Kier molecular flexibility index (Phi) is 5.86. The average Bonchev–Trinajstić information content (AvgIpc) is 2.62. The molecule has 106 valence electrons.